The van der Waals surface area contributed by atoms with Crippen molar-refractivity contribution in [1.82, 2.24) is 10.3 Å². The van der Waals surface area contributed by atoms with E-state index in [0.717, 1.165) is 35.7 Å². The molecule has 1 aromatic heterocycles. The van der Waals surface area contributed by atoms with Gasteiger partial charge in [0.2, 0.25) is 0 Å². The van der Waals surface area contributed by atoms with Crippen molar-refractivity contribution in [1.29, 1.82) is 0 Å². The van der Waals surface area contributed by atoms with Crippen LogP contribution in [0.15, 0.2) is 23.6 Å². The number of aryl methyl sites for hydroxylation is 1. The third kappa shape index (κ3) is 4.25. The summed E-state index contributed by atoms with van der Waals surface area (Å²) in [5.41, 5.74) is 1.97. The lowest BCUT2D eigenvalue weighted by Crippen LogP contribution is -2.24. The molecule has 1 aromatic carbocycles. The standard InChI is InChI=1S/C16H21FN2OS/c1-4-7-18-15(9-13-10-21-11(2)19-13)12-5-6-16(20-3)14(17)8-12/h5-6,8,10,15,18H,4,7,9H2,1-3H3. The predicted octanol–water partition coefficient (Wildman–Crippen LogP) is 3.88. The summed E-state index contributed by atoms with van der Waals surface area (Å²) in [5.74, 6) is -0.0507. The topological polar surface area (TPSA) is 34.2 Å². The average Bonchev–Trinajstić information content (AvgIpc) is 2.88. The molecule has 114 valence electrons. The maximum atomic E-state index is 13.9. The highest BCUT2D eigenvalue weighted by atomic mass is 32.1. The minimum absolute atomic E-state index is 0.0619. The Balaban J connectivity index is 2.20. The van der Waals surface area contributed by atoms with Crippen LogP contribution < -0.4 is 10.1 Å². The normalized spacial score (nSPS) is 12.4. The highest BCUT2D eigenvalue weighted by molar-refractivity contribution is 7.09. The molecule has 2 aromatic rings. The molecule has 21 heavy (non-hydrogen) atoms. The Labute approximate surface area is 129 Å². The van der Waals surface area contributed by atoms with Crippen LogP contribution >= 0.6 is 11.3 Å². The number of hydrogen-bond acceptors (Lipinski definition) is 4. The Kier molecular flexibility index (Phi) is 5.70. The lowest BCUT2D eigenvalue weighted by Gasteiger charge is -2.18. The van der Waals surface area contributed by atoms with Crippen molar-refractivity contribution in [2.75, 3.05) is 13.7 Å². The van der Waals surface area contributed by atoms with Crippen molar-refractivity contribution in [3.63, 3.8) is 0 Å². The molecule has 3 nitrogen and oxygen atoms in total. The molecule has 1 unspecified atom stereocenters. The Bertz CT molecular complexity index is 585. The number of benzene rings is 1. The van der Waals surface area contributed by atoms with Crippen LogP contribution in [0.25, 0.3) is 0 Å². The summed E-state index contributed by atoms with van der Waals surface area (Å²) in [6.07, 6.45) is 1.79. The van der Waals surface area contributed by atoms with E-state index in [1.54, 1.807) is 23.5 Å². The van der Waals surface area contributed by atoms with Gasteiger partial charge in [0, 0.05) is 17.8 Å². The molecule has 0 bridgehead atoms. The first kappa shape index (κ1) is 15.9. The first-order valence-corrected chi connectivity index (χ1v) is 7.99. The van der Waals surface area contributed by atoms with Crippen molar-refractivity contribution < 1.29 is 9.13 Å². The number of nitrogens with one attached hydrogen (secondary N) is 1. The second-order valence-corrected chi connectivity index (χ2v) is 6.02. The van der Waals surface area contributed by atoms with Gasteiger partial charge in [0.05, 0.1) is 17.8 Å². The van der Waals surface area contributed by atoms with Gasteiger partial charge in [-0.2, -0.15) is 0 Å². The second-order valence-electron chi connectivity index (χ2n) is 4.96. The van der Waals surface area contributed by atoms with E-state index in [1.165, 1.54) is 7.11 Å². The summed E-state index contributed by atoms with van der Waals surface area (Å²) in [6.45, 7) is 5.00. The van der Waals surface area contributed by atoms with Crippen LogP contribution in [-0.2, 0) is 6.42 Å². The zero-order chi connectivity index (χ0) is 15.2. The molecule has 2 rings (SSSR count). The zero-order valence-corrected chi connectivity index (χ0v) is 13.5. The number of hydrogen-bond donors (Lipinski definition) is 1. The third-order valence-electron chi connectivity index (χ3n) is 3.30. The van der Waals surface area contributed by atoms with Crippen LogP contribution in [0.5, 0.6) is 5.75 Å². The predicted molar refractivity (Wildman–Crippen MR) is 84.5 cm³/mol. The lowest BCUT2D eigenvalue weighted by molar-refractivity contribution is 0.385. The molecule has 0 saturated heterocycles. The van der Waals surface area contributed by atoms with Gasteiger partial charge in [0.15, 0.2) is 11.6 Å². The van der Waals surface area contributed by atoms with Crippen LogP contribution in [0.3, 0.4) is 0 Å². The summed E-state index contributed by atoms with van der Waals surface area (Å²) in [6, 6.07) is 5.20. The van der Waals surface area contributed by atoms with E-state index in [4.69, 9.17) is 4.74 Å². The van der Waals surface area contributed by atoms with Crippen LogP contribution in [0, 0.1) is 12.7 Å². The van der Waals surface area contributed by atoms with Gasteiger partial charge in [-0.05, 0) is 37.6 Å². The van der Waals surface area contributed by atoms with Crippen molar-refractivity contribution in [2.24, 2.45) is 0 Å². The molecule has 0 aliphatic rings. The monoisotopic (exact) mass is 308 g/mol. The largest absolute Gasteiger partial charge is 0.494 e. The van der Waals surface area contributed by atoms with Crippen LogP contribution in [-0.4, -0.2) is 18.6 Å². The second kappa shape index (κ2) is 7.52. The number of nitrogens with zero attached hydrogens (tertiary/aromatic N) is 1. The average molecular weight is 308 g/mol. The number of aromatic nitrogens is 1. The molecule has 5 heteroatoms. The molecule has 1 N–H and O–H groups in total. The quantitative estimate of drug-likeness (QED) is 0.843. The van der Waals surface area contributed by atoms with Crippen molar-refractivity contribution >= 4 is 11.3 Å². The van der Waals surface area contributed by atoms with E-state index in [1.807, 2.05) is 13.0 Å². The molecule has 0 spiro atoms. The van der Waals surface area contributed by atoms with Gasteiger partial charge in [-0.3, -0.25) is 0 Å². The Morgan fingerprint density at radius 3 is 2.81 bits per heavy atom. The van der Waals surface area contributed by atoms with Gasteiger partial charge in [0.25, 0.3) is 0 Å². The zero-order valence-electron chi connectivity index (χ0n) is 12.6. The van der Waals surface area contributed by atoms with E-state index < -0.39 is 0 Å². The molecule has 0 radical (unpaired) electrons. The summed E-state index contributed by atoms with van der Waals surface area (Å²) in [7, 11) is 1.48. The van der Waals surface area contributed by atoms with Crippen LogP contribution in [0.4, 0.5) is 4.39 Å². The molecular formula is C16H21FN2OS. The van der Waals surface area contributed by atoms with Gasteiger partial charge in [-0.25, -0.2) is 9.37 Å². The van der Waals surface area contributed by atoms with Crippen LogP contribution in [0.2, 0.25) is 0 Å². The van der Waals surface area contributed by atoms with Crippen molar-refractivity contribution in [2.45, 2.75) is 32.7 Å². The van der Waals surface area contributed by atoms with Crippen LogP contribution in [0.1, 0.15) is 35.7 Å². The van der Waals surface area contributed by atoms with Gasteiger partial charge < -0.3 is 10.1 Å². The fourth-order valence-corrected chi connectivity index (χ4v) is 2.86. The fourth-order valence-electron chi connectivity index (χ4n) is 2.24. The summed E-state index contributed by atoms with van der Waals surface area (Å²) >= 11 is 1.64. The van der Waals surface area contributed by atoms with Gasteiger partial charge >= 0.3 is 0 Å². The molecule has 0 aliphatic heterocycles. The Morgan fingerprint density at radius 2 is 2.24 bits per heavy atom. The third-order valence-corrected chi connectivity index (χ3v) is 4.12. The fraction of sp³-hybridized carbons (Fsp3) is 0.438. The summed E-state index contributed by atoms with van der Waals surface area (Å²) < 4.78 is 18.9. The minimum Gasteiger partial charge on any atom is -0.494 e. The number of rotatable bonds is 7. The van der Waals surface area contributed by atoms with E-state index >= 15 is 0 Å². The Morgan fingerprint density at radius 1 is 1.43 bits per heavy atom. The van der Waals surface area contributed by atoms with Gasteiger partial charge in [-0.1, -0.05) is 13.0 Å². The number of thiazole rings is 1. The number of halogens is 1. The smallest absolute Gasteiger partial charge is 0.165 e. The van der Waals surface area contributed by atoms with E-state index in [9.17, 15) is 4.39 Å². The molecular weight excluding hydrogens is 287 g/mol. The Hall–Kier alpha value is -1.46. The summed E-state index contributed by atoms with van der Waals surface area (Å²) in [5, 5.41) is 6.59. The molecule has 0 aliphatic carbocycles. The molecule has 0 saturated carbocycles. The molecule has 1 atom stereocenters. The summed E-state index contributed by atoms with van der Waals surface area (Å²) in [4.78, 5) is 4.50. The first-order valence-electron chi connectivity index (χ1n) is 7.11. The highest BCUT2D eigenvalue weighted by Gasteiger charge is 2.15. The first-order chi connectivity index (χ1) is 10.1. The van der Waals surface area contributed by atoms with Crippen molar-refractivity contribution in [3.05, 3.63) is 45.7 Å². The number of methoxy groups -OCH3 is 1. The SMILES string of the molecule is CCCNC(Cc1csc(C)n1)c1ccc(OC)c(F)c1. The maximum absolute atomic E-state index is 13.9. The van der Waals surface area contributed by atoms with Crippen molar-refractivity contribution in [3.8, 4) is 5.75 Å². The maximum Gasteiger partial charge on any atom is 0.165 e. The van der Waals surface area contributed by atoms with E-state index in [-0.39, 0.29) is 17.6 Å². The molecule has 0 amide bonds. The highest BCUT2D eigenvalue weighted by Crippen LogP contribution is 2.24. The molecule has 1 heterocycles. The minimum atomic E-state index is -0.326. The van der Waals surface area contributed by atoms with E-state index in [2.05, 4.69) is 22.6 Å². The lowest BCUT2D eigenvalue weighted by atomic mass is 10.0. The van der Waals surface area contributed by atoms with Gasteiger partial charge in [-0.15, -0.1) is 11.3 Å². The van der Waals surface area contributed by atoms with Gasteiger partial charge in [0.1, 0.15) is 0 Å². The van der Waals surface area contributed by atoms with E-state index in [0.29, 0.717) is 0 Å². The molecule has 0 fully saturated rings. The number of ether oxygens (including phenoxy) is 1.